The van der Waals surface area contributed by atoms with Gasteiger partial charge in [-0.1, -0.05) is 12.2 Å². The number of aromatic nitrogens is 2. The van der Waals surface area contributed by atoms with Crippen LogP contribution in [0.3, 0.4) is 0 Å². The summed E-state index contributed by atoms with van der Waals surface area (Å²) in [4.78, 5) is 2.35. The fraction of sp³-hybridized carbons (Fsp3) is 0.667. The van der Waals surface area contributed by atoms with Crippen LogP contribution in [-0.4, -0.2) is 47.2 Å². The van der Waals surface area contributed by atoms with E-state index >= 15 is 0 Å². The molecule has 0 amide bonds. The third-order valence-electron chi connectivity index (χ3n) is 4.49. The molecule has 2 atom stereocenters. The molecule has 1 aliphatic heterocycles. The minimum Gasteiger partial charge on any atom is -0.288 e. The van der Waals surface area contributed by atoms with E-state index in [1.165, 1.54) is 6.42 Å². The minimum absolute atomic E-state index is 0.0585. The van der Waals surface area contributed by atoms with Gasteiger partial charge in [0.2, 0.25) is 0 Å². The zero-order chi connectivity index (χ0) is 14.9. The highest BCUT2D eigenvalue weighted by Gasteiger charge is 2.36. The van der Waals surface area contributed by atoms with Gasteiger partial charge in [0.25, 0.3) is 0 Å². The Morgan fingerprint density at radius 3 is 2.95 bits per heavy atom. The molecule has 0 radical (unpaired) electrons. The van der Waals surface area contributed by atoms with Crippen LogP contribution >= 0.6 is 0 Å². The normalized spacial score (nSPS) is 29.6. The number of hydrogen-bond acceptors (Lipinski definition) is 4. The van der Waals surface area contributed by atoms with Gasteiger partial charge in [-0.15, -0.1) is 0 Å². The number of allylic oxidation sites excluding steroid dienone is 1. The predicted octanol–water partition coefficient (Wildman–Crippen LogP) is 1.78. The van der Waals surface area contributed by atoms with Gasteiger partial charge in [0.15, 0.2) is 9.84 Å². The molecule has 0 unspecified atom stereocenters. The van der Waals surface area contributed by atoms with Crippen molar-refractivity contribution >= 4 is 9.84 Å². The summed E-state index contributed by atoms with van der Waals surface area (Å²) in [5, 5.41) is 4.31. The van der Waals surface area contributed by atoms with E-state index in [-0.39, 0.29) is 17.5 Å². The fourth-order valence-electron chi connectivity index (χ4n) is 3.30. The van der Waals surface area contributed by atoms with E-state index < -0.39 is 9.84 Å². The van der Waals surface area contributed by atoms with Crippen molar-refractivity contribution in [2.45, 2.75) is 44.8 Å². The maximum atomic E-state index is 12.1. The van der Waals surface area contributed by atoms with Gasteiger partial charge < -0.3 is 0 Å². The monoisotopic (exact) mass is 309 g/mol. The average molecular weight is 309 g/mol. The Hall–Kier alpha value is -1.14. The molecule has 0 aromatic carbocycles. The highest BCUT2D eigenvalue weighted by molar-refractivity contribution is 7.91. The molecule has 21 heavy (non-hydrogen) atoms. The smallest absolute Gasteiger partial charge is 0.153 e. The standard InChI is InChI=1S/C15H23N3O2S/c1-2-17-11-13(10-16-17)15-12-21(19,20)9-8-18(15)14-6-4-3-5-7-14/h4,6,10-11,14-15H,2-3,5,7-9,12H2,1H3/t14-,15-/m0/s1. The molecule has 3 rings (SSSR count). The lowest BCUT2D eigenvalue weighted by molar-refractivity contribution is 0.163. The molecule has 1 aromatic rings. The van der Waals surface area contributed by atoms with Crippen LogP contribution in [0.1, 0.15) is 37.8 Å². The van der Waals surface area contributed by atoms with Crippen molar-refractivity contribution in [3.63, 3.8) is 0 Å². The van der Waals surface area contributed by atoms with E-state index in [1.807, 2.05) is 24.0 Å². The van der Waals surface area contributed by atoms with E-state index in [9.17, 15) is 8.42 Å². The molecule has 1 aliphatic carbocycles. The number of hydrogen-bond donors (Lipinski definition) is 0. The van der Waals surface area contributed by atoms with Gasteiger partial charge in [0.05, 0.1) is 23.7 Å². The molecular formula is C15H23N3O2S. The first-order valence-electron chi connectivity index (χ1n) is 7.74. The van der Waals surface area contributed by atoms with Crippen LogP contribution in [0.5, 0.6) is 0 Å². The summed E-state index contributed by atoms with van der Waals surface area (Å²) < 4.78 is 26.0. The summed E-state index contributed by atoms with van der Waals surface area (Å²) in [6.45, 7) is 3.47. The molecule has 0 bridgehead atoms. The van der Waals surface area contributed by atoms with Crippen LogP contribution < -0.4 is 0 Å². The zero-order valence-corrected chi connectivity index (χ0v) is 13.3. The number of rotatable bonds is 3. The molecule has 5 nitrogen and oxygen atoms in total. The molecule has 116 valence electrons. The molecule has 2 aliphatic rings. The van der Waals surface area contributed by atoms with Gasteiger partial charge in [0, 0.05) is 30.9 Å². The van der Waals surface area contributed by atoms with Gasteiger partial charge >= 0.3 is 0 Å². The second-order valence-corrected chi connectivity index (χ2v) is 8.15. The highest BCUT2D eigenvalue weighted by Crippen LogP contribution is 2.31. The first-order valence-corrected chi connectivity index (χ1v) is 9.56. The lowest BCUT2D eigenvalue weighted by Gasteiger charge is -2.40. The van der Waals surface area contributed by atoms with E-state index in [4.69, 9.17) is 0 Å². The fourth-order valence-corrected chi connectivity index (χ4v) is 4.82. The first-order chi connectivity index (χ1) is 10.1. The summed E-state index contributed by atoms with van der Waals surface area (Å²) in [5.41, 5.74) is 1.03. The van der Waals surface area contributed by atoms with Crippen molar-refractivity contribution in [3.8, 4) is 0 Å². The Balaban J connectivity index is 1.89. The van der Waals surface area contributed by atoms with Gasteiger partial charge in [-0.25, -0.2) is 8.42 Å². The molecular weight excluding hydrogens is 286 g/mol. The maximum absolute atomic E-state index is 12.1. The lowest BCUT2D eigenvalue weighted by Crippen LogP contribution is -2.47. The Bertz CT molecular complexity index is 621. The van der Waals surface area contributed by atoms with Gasteiger partial charge in [-0.3, -0.25) is 9.58 Å². The van der Waals surface area contributed by atoms with E-state index in [0.717, 1.165) is 24.9 Å². The van der Waals surface area contributed by atoms with Crippen LogP contribution in [0.4, 0.5) is 0 Å². The van der Waals surface area contributed by atoms with Crippen LogP contribution in [0.15, 0.2) is 24.5 Å². The van der Waals surface area contributed by atoms with Gasteiger partial charge in [-0.05, 0) is 26.2 Å². The minimum atomic E-state index is -2.95. The van der Waals surface area contributed by atoms with Crippen molar-refractivity contribution in [1.29, 1.82) is 0 Å². The quantitative estimate of drug-likeness (QED) is 0.799. The Morgan fingerprint density at radius 2 is 2.29 bits per heavy atom. The highest BCUT2D eigenvalue weighted by atomic mass is 32.2. The maximum Gasteiger partial charge on any atom is 0.153 e. The molecule has 0 spiro atoms. The third kappa shape index (κ3) is 3.21. The van der Waals surface area contributed by atoms with Crippen LogP contribution in [0.2, 0.25) is 0 Å². The van der Waals surface area contributed by atoms with Gasteiger partial charge in [0.1, 0.15) is 0 Å². The van der Waals surface area contributed by atoms with Crippen LogP contribution in [0, 0.1) is 0 Å². The van der Waals surface area contributed by atoms with Crippen molar-refractivity contribution in [2.75, 3.05) is 18.1 Å². The molecule has 6 heteroatoms. The zero-order valence-electron chi connectivity index (χ0n) is 12.5. The number of sulfone groups is 1. The lowest BCUT2D eigenvalue weighted by atomic mass is 9.98. The number of aryl methyl sites for hydroxylation is 1. The summed E-state index contributed by atoms with van der Waals surface area (Å²) >= 11 is 0. The molecule has 2 heterocycles. The summed E-state index contributed by atoms with van der Waals surface area (Å²) in [7, 11) is -2.95. The topological polar surface area (TPSA) is 55.2 Å². The van der Waals surface area contributed by atoms with Crippen molar-refractivity contribution < 1.29 is 8.42 Å². The Morgan fingerprint density at radius 1 is 1.43 bits per heavy atom. The largest absolute Gasteiger partial charge is 0.288 e. The summed E-state index contributed by atoms with van der Waals surface area (Å²) in [5.74, 6) is 0.489. The molecule has 1 saturated heterocycles. The van der Waals surface area contributed by atoms with Crippen molar-refractivity contribution in [3.05, 3.63) is 30.1 Å². The summed E-state index contributed by atoms with van der Waals surface area (Å²) in [6, 6.07) is 0.307. The Kier molecular flexibility index (Phi) is 4.17. The third-order valence-corrected chi connectivity index (χ3v) is 6.12. The molecule has 1 aromatic heterocycles. The van der Waals surface area contributed by atoms with Crippen molar-refractivity contribution in [2.24, 2.45) is 0 Å². The summed E-state index contributed by atoms with van der Waals surface area (Å²) in [6.07, 6.45) is 11.7. The van der Waals surface area contributed by atoms with Crippen LogP contribution in [-0.2, 0) is 16.4 Å². The second-order valence-electron chi connectivity index (χ2n) is 5.92. The molecule has 0 N–H and O–H groups in total. The first kappa shape index (κ1) is 14.8. The van der Waals surface area contributed by atoms with E-state index in [1.54, 1.807) is 0 Å². The predicted molar refractivity (Wildman–Crippen MR) is 82.8 cm³/mol. The molecule has 1 fully saturated rings. The van der Waals surface area contributed by atoms with Crippen molar-refractivity contribution in [1.82, 2.24) is 14.7 Å². The molecule has 0 saturated carbocycles. The average Bonchev–Trinajstić information content (AvgIpc) is 2.96. The Labute approximate surface area is 126 Å². The number of nitrogens with zero attached hydrogens (tertiary/aromatic N) is 3. The second kappa shape index (κ2) is 5.93. The van der Waals surface area contributed by atoms with Crippen LogP contribution in [0.25, 0.3) is 0 Å². The van der Waals surface area contributed by atoms with Gasteiger partial charge in [-0.2, -0.15) is 5.10 Å². The van der Waals surface area contributed by atoms with E-state index in [0.29, 0.717) is 12.6 Å². The van der Waals surface area contributed by atoms with E-state index in [2.05, 4.69) is 22.2 Å². The SMILES string of the molecule is CCn1cc([C@@H]2CS(=O)(=O)CCN2[C@H]2C=CCCC2)cn1.